The molecule has 100 valence electrons. The maximum absolute atomic E-state index is 13.8. The van der Waals surface area contributed by atoms with E-state index in [0.717, 1.165) is 16.6 Å². The summed E-state index contributed by atoms with van der Waals surface area (Å²) in [5, 5.41) is 3.37. The molecule has 1 atom stereocenters. The molecular formula is C15H16BrFN2. The minimum absolute atomic E-state index is 0.0718. The summed E-state index contributed by atoms with van der Waals surface area (Å²) in [7, 11) is 0. The van der Waals surface area contributed by atoms with Crippen LogP contribution in [-0.2, 0) is 6.42 Å². The normalized spacial score (nSPS) is 12.4. The van der Waals surface area contributed by atoms with Gasteiger partial charge in [-0.05, 0) is 48.4 Å². The maximum atomic E-state index is 13.8. The third-order valence-electron chi connectivity index (χ3n) is 2.97. The lowest BCUT2D eigenvalue weighted by Crippen LogP contribution is -2.23. The van der Waals surface area contributed by atoms with E-state index in [1.165, 1.54) is 6.07 Å². The summed E-state index contributed by atoms with van der Waals surface area (Å²) in [6.45, 7) is 2.87. The van der Waals surface area contributed by atoms with Crippen molar-refractivity contribution in [2.24, 2.45) is 0 Å². The van der Waals surface area contributed by atoms with Crippen molar-refractivity contribution in [3.05, 3.63) is 64.1 Å². The number of nitrogens with one attached hydrogen (secondary N) is 1. The predicted octanol–water partition coefficient (Wildman–Crippen LogP) is 3.88. The molecule has 1 unspecified atom stereocenters. The molecule has 2 rings (SSSR count). The highest BCUT2D eigenvalue weighted by molar-refractivity contribution is 9.10. The first kappa shape index (κ1) is 14.2. The van der Waals surface area contributed by atoms with Gasteiger partial charge >= 0.3 is 0 Å². The van der Waals surface area contributed by atoms with E-state index >= 15 is 0 Å². The van der Waals surface area contributed by atoms with Gasteiger partial charge in [-0.2, -0.15) is 0 Å². The van der Waals surface area contributed by atoms with Crippen LogP contribution < -0.4 is 5.32 Å². The molecule has 0 aliphatic carbocycles. The van der Waals surface area contributed by atoms with E-state index in [1.807, 2.05) is 31.3 Å². The smallest absolute Gasteiger partial charge is 0.126 e. The molecule has 0 aliphatic heterocycles. The molecular weight excluding hydrogens is 307 g/mol. The van der Waals surface area contributed by atoms with Gasteiger partial charge in [-0.15, -0.1) is 0 Å². The Morgan fingerprint density at radius 1 is 1.37 bits per heavy atom. The van der Waals surface area contributed by atoms with E-state index in [2.05, 4.69) is 26.2 Å². The van der Waals surface area contributed by atoms with Crippen molar-refractivity contribution in [1.82, 2.24) is 10.3 Å². The number of hydrogen-bond acceptors (Lipinski definition) is 2. The first-order valence-corrected chi connectivity index (χ1v) is 7.07. The number of aromatic nitrogens is 1. The van der Waals surface area contributed by atoms with Crippen LogP contribution in [0.5, 0.6) is 0 Å². The fourth-order valence-electron chi connectivity index (χ4n) is 2.06. The molecule has 0 radical (unpaired) electrons. The first-order valence-electron chi connectivity index (χ1n) is 6.28. The molecule has 0 amide bonds. The topological polar surface area (TPSA) is 24.9 Å². The van der Waals surface area contributed by atoms with Gasteiger partial charge in [-0.3, -0.25) is 4.98 Å². The van der Waals surface area contributed by atoms with Crippen LogP contribution in [0, 0.1) is 5.82 Å². The molecule has 0 fully saturated rings. The Hall–Kier alpha value is -1.26. The van der Waals surface area contributed by atoms with Crippen molar-refractivity contribution in [2.45, 2.75) is 19.4 Å². The van der Waals surface area contributed by atoms with E-state index in [-0.39, 0.29) is 11.9 Å². The van der Waals surface area contributed by atoms with Gasteiger partial charge in [0.2, 0.25) is 0 Å². The molecule has 1 N–H and O–H groups in total. The van der Waals surface area contributed by atoms with Gasteiger partial charge in [0.25, 0.3) is 0 Å². The Kier molecular flexibility index (Phi) is 5.05. The first-order chi connectivity index (χ1) is 9.20. The van der Waals surface area contributed by atoms with Crippen molar-refractivity contribution in [1.29, 1.82) is 0 Å². The molecule has 19 heavy (non-hydrogen) atoms. The molecule has 1 aromatic heterocycles. The van der Waals surface area contributed by atoms with Gasteiger partial charge in [0.05, 0.1) is 0 Å². The molecule has 2 nitrogen and oxygen atoms in total. The average molecular weight is 323 g/mol. The van der Waals surface area contributed by atoms with Crippen LogP contribution in [0.2, 0.25) is 0 Å². The molecule has 1 aromatic carbocycles. The molecule has 0 saturated heterocycles. The molecule has 2 aromatic rings. The number of rotatable bonds is 5. The minimum atomic E-state index is -0.171. The summed E-state index contributed by atoms with van der Waals surface area (Å²) in [5.41, 5.74) is 1.77. The van der Waals surface area contributed by atoms with Gasteiger partial charge in [-0.25, -0.2) is 4.39 Å². The van der Waals surface area contributed by atoms with Crippen molar-refractivity contribution >= 4 is 15.9 Å². The van der Waals surface area contributed by atoms with Crippen LogP contribution >= 0.6 is 15.9 Å². The molecule has 4 heteroatoms. The standard InChI is InChI=1S/C15H16BrFN2/c1-2-19-15(11-4-3-7-18-10-11)9-12-8-13(16)5-6-14(12)17/h3-8,10,15,19H,2,9H2,1H3. The zero-order valence-electron chi connectivity index (χ0n) is 10.7. The Balaban J connectivity index is 2.24. The van der Waals surface area contributed by atoms with Crippen LogP contribution in [0.1, 0.15) is 24.1 Å². The molecule has 0 spiro atoms. The number of benzene rings is 1. The summed E-state index contributed by atoms with van der Waals surface area (Å²) in [6, 6.07) is 9.02. The Bertz CT molecular complexity index is 531. The number of pyridine rings is 1. The van der Waals surface area contributed by atoms with E-state index < -0.39 is 0 Å². The van der Waals surface area contributed by atoms with Gasteiger partial charge in [0.1, 0.15) is 5.82 Å². The molecule has 1 heterocycles. The number of halogens is 2. The van der Waals surface area contributed by atoms with E-state index in [1.54, 1.807) is 12.3 Å². The summed E-state index contributed by atoms with van der Waals surface area (Å²) in [4.78, 5) is 4.13. The van der Waals surface area contributed by atoms with Crippen LogP contribution in [0.25, 0.3) is 0 Å². The van der Waals surface area contributed by atoms with Crippen LogP contribution in [0.15, 0.2) is 47.2 Å². The van der Waals surface area contributed by atoms with E-state index in [0.29, 0.717) is 12.0 Å². The maximum Gasteiger partial charge on any atom is 0.126 e. The second-order valence-corrected chi connectivity index (χ2v) is 5.25. The van der Waals surface area contributed by atoms with Crippen molar-refractivity contribution < 1.29 is 4.39 Å². The fourth-order valence-corrected chi connectivity index (χ4v) is 2.46. The number of nitrogens with zero attached hydrogens (tertiary/aromatic N) is 1. The second-order valence-electron chi connectivity index (χ2n) is 4.34. The highest BCUT2D eigenvalue weighted by atomic mass is 79.9. The van der Waals surface area contributed by atoms with E-state index in [4.69, 9.17) is 0 Å². The van der Waals surface area contributed by atoms with Crippen LogP contribution in [0.3, 0.4) is 0 Å². The van der Waals surface area contributed by atoms with Crippen molar-refractivity contribution in [3.63, 3.8) is 0 Å². The zero-order chi connectivity index (χ0) is 13.7. The fraction of sp³-hybridized carbons (Fsp3) is 0.267. The van der Waals surface area contributed by atoms with Crippen LogP contribution in [-0.4, -0.2) is 11.5 Å². The molecule has 0 saturated carbocycles. The number of hydrogen-bond donors (Lipinski definition) is 1. The summed E-state index contributed by atoms with van der Waals surface area (Å²) in [5.74, 6) is -0.171. The van der Waals surface area contributed by atoms with E-state index in [9.17, 15) is 4.39 Å². The minimum Gasteiger partial charge on any atom is -0.310 e. The molecule has 0 bridgehead atoms. The predicted molar refractivity (Wildman–Crippen MR) is 78.5 cm³/mol. The van der Waals surface area contributed by atoms with Crippen LogP contribution in [0.4, 0.5) is 4.39 Å². The number of likely N-dealkylation sites (N-methyl/N-ethyl adjacent to an activating group) is 1. The summed E-state index contributed by atoms with van der Waals surface area (Å²) < 4.78 is 14.7. The average Bonchev–Trinajstić information content (AvgIpc) is 2.43. The van der Waals surface area contributed by atoms with Crippen molar-refractivity contribution in [2.75, 3.05) is 6.54 Å². The van der Waals surface area contributed by atoms with Gasteiger partial charge in [-0.1, -0.05) is 28.9 Å². The monoisotopic (exact) mass is 322 g/mol. The molecule has 0 aliphatic rings. The third kappa shape index (κ3) is 3.85. The van der Waals surface area contributed by atoms with Gasteiger partial charge in [0.15, 0.2) is 0 Å². The third-order valence-corrected chi connectivity index (χ3v) is 3.46. The summed E-state index contributed by atoms with van der Waals surface area (Å²) in [6.07, 6.45) is 4.17. The largest absolute Gasteiger partial charge is 0.310 e. The zero-order valence-corrected chi connectivity index (χ0v) is 12.3. The lowest BCUT2D eigenvalue weighted by Gasteiger charge is -2.18. The lowest BCUT2D eigenvalue weighted by molar-refractivity contribution is 0.526. The quantitative estimate of drug-likeness (QED) is 0.903. The highest BCUT2D eigenvalue weighted by Gasteiger charge is 2.14. The van der Waals surface area contributed by atoms with Gasteiger partial charge < -0.3 is 5.32 Å². The Morgan fingerprint density at radius 3 is 2.89 bits per heavy atom. The Morgan fingerprint density at radius 2 is 2.21 bits per heavy atom. The second kappa shape index (κ2) is 6.78. The highest BCUT2D eigenvalue weighted by Crippen LogP contribution is 2.22. The Labute approximate surface area is 121 Å². The van der Waals surface area contributed by atoms with Crippen molar-refractivity contribution in [3.8, 4) is 0 Å². The summed E-state index contributed by atoms with van der Waals surface area (Å²) >= 11 is 3.38. The van der Waals surface area contributed by atoms with Gasteiger partial charge in [0, 0.05) is 22.9 Å². The lowest BCUT2D eigenvalue weighted by atomic mass is 10.00. The SMILES string of the molecule is CCNC(Cc1cc(Br)ccc1F)c1cccnc1.